The van der Waals surface area contributed by atoms with E-state index in [2.05, 4.69) is 55.4 Å². The molecule has 0 aromatic heterocycles. The molecular formula is C12H15Br2N. The maximum atomic E-state index is 3.60. The minimum atomic E-state index is 0.667. The minimum Gasteiger partial charge on any atom is -0.382 e. The molecule has 1 aromatic carbocycles. The molecule has 15 heavy (non-hydrogen) atoms. The Kier molecular flexibility index (Phi) is 4.09. The van der Waals surface area contributed by atoms with Gasteiger partial charge in [0, 0.05) is 20.7 Å². The Morgan fingerprint density at radius 1 is 0.933 bits per heavy atom. The number of hydrogen-bond donors (Lipinski definition) is 1. The predicted molar refractivity (Wildman–Crippen MR) is 72.3 cm³/mol. The monoisotopic (exact) mass is 331 g/mol. The van der Waals surface area contributed by atoms with Gasteiger partial charge in [-0.3, -0.25) is 0 Å². The molecule has 0 bridgehead atoms. The molecule has 82 valence electrons. The van der Waals surface area contributed by atoms with E-state index in [1.807, 2.05) is 0 Å². The van der Waals surface area contributed by atoms with E-state index < -0.39 is 0 Å². The first-order valence-electron chi connectivity index (χ1n) is 5.47. The smallest absolute Gasteiger partial charge is 0.0364 e. The number of nitrogens with one attached hydrogen (secondary N) is 1. The summed E-state index contributed by atoms with van der Waals surface area (Å²) in [5.74, 6) is 0. The summed E-state index contributed by atoms with van der Waals surface area (Å²) in [5, 5.41) is 3.60. The highest BCUT2D eigenvalue weighted by molar-refractivity contribution is 9.11. The van der Waals surface area contributed by atoms with Crippen molar-refractivity contribution in [2.24, 2.45) is 0 Å². The van der Waals surface area contributed by atoms with Gasteiger partial charge < -0.3 is 5.32 Å². The van der Waals surface area contributed by atoms with Crippen molar-refractivity contribution in [2.45, 2.75) is 38.1 Å². The van der Waals surface area contributed by atoms with Crippen LogP contribution in [0.5, 0.6) is 0 Å². The molecule has 3 heteroatoms. The molecule has 0 atom stereocenters. The van der Waals surface area contributed by atoms with E-state index in [-0.39, 0.29) is 0 Å². The third kappa shape index (κ3) is 3.49. The van der Waals surface area contributed by atoms with Gasteiger partial charge in [0.25, 0.3) is 0 Å². The number of halogens is 2. The SMILES string of the molecule is Brc1cc(Br)cc(NC2CCCCC2)c1. The lowest BCUT2D eigenvalue weighted by molar-refractivity contribution is 0.463. The van der Waals surface area contributed by atoms with Crippen LogP contribution in [0.2, 0.25) is 0 Å². The summed E-state index contributed by atoms with van der Waals surface area (Å²) in [6, 6.07) is 7.00. The zero-order chi connectivity index (χ0) is 10.7. The maximum Gasteiger partial charge on any atom is 0.0364 e. The first kappa shape index (κ1) is 11.5. The van der Waals surface area contributed by atoms with Gasteiger partial charge in [0.2, 0.25) is 0 Å². The lowest BCUT2D eigenvalue weighted by atomic mass is 9.95. The largest absolute Gasteiger partial charge is 0.382 e. The van der Waals surface area contributed by atoms with Gasteiger partial charge in [0.15, 0.2) is 0 Å². The molecular weight excluding hydrogens is 318 g/mol. The minimum absolute atomic E-state index is 0.667. The van der Waals surface area contributed by atoms with Crippen molar-refractivity contribution in [3.8, 4) is 0 Å². The van der Waals surface area contributed by atoms with E-state index in [4.69, 9.17) is 0 Å². The molecule has 1 aliphatic rings. The molecule has 1 aromatic rings. The Hall–Kier alpha value is -0.0200. The maximum absolute atomic E-state index is 3.60. The Balaban J connectivity index is 2.02. The first-order chi connectivity index (χ1) is 7.24. The molecule has 1 aliphatic carbocycles. The lowest BCUT2D eigenvalue weighted by Gasteiger charge is -2.24. The lowest BCUT2D eigenvalue weighted by Crippen LogP contribution is -2.22. The summed E-state index contributed by atoms with van der Waals surface area (Å²) in [5.41, 5.74) is 1.21. The van der Waals surface area contributed by atoms with Gasteiger partial charge in [0.05, 0.1) is 0 Å². The van der Waals surface area contributed by atoms with Crippen molar-refractivity contribution in [1.29, 1.82) is 0 Å². The van der Waals surface area contributed by atoms with Crippen LogP contribution in [0.15, 0.2) is 27.1 Å². The Labute approximate surface area is 108 Å². The standard InChI is InChI=1S/C12H15Br2N/c13-9-6-10(14)8-12(7-9)15-11-4-2-1-3-5-11/h6-8,11,15H,1-5H2. The van der Waals surface area contributed by atoms with Gasteiger partial charge in [-0.1, -0.05) is 51.1 Å². The summed E-state index contributed by atoms with van der Waals surface area (Å²) in [4.78, 5) is 0. The van der Waals surface area contributed by atoms with E-state index in [1.54, 1.807) is 0 Å². The molecule has 1 saturated carbocycles. The third-order valence-electron chi connectivity index (χ3n) is 2.84. The fourth-order valence-corrected chi connectivity index (χ4v) is 3.41. The average Bonchev–Trinajstić information content (AvgIpc) is 2.17. The van der Waals surface area contributed by atoms with Crippen molar-refractivity contribution < 1.29 is 0 Å². The number of rotatable bonds is 2. The molecule has 0 saturated heterocycles. The van der Waals surface area contributed by atoms with Crippen molar-refractivity contribution in [3.05, 3.63) is 27.1 Å². The molecule has 0 aliphatic heterocycles. The van der Waals surface area contributed by atoms with Gasteiger partial charge in [-0.05, 0) is 31.0 Å². The fourth-order valence-electron chi connectivity index (χ4n) is 2.12. The molecule has 0 unspecified atom stereocenters. The van der Waals surface area contributed by atoms with Crippen LogP contribution in [0.4, 0.5) is 5.69 Å². The summed E-state index contributed by atoms with van der Waals surface area (Å²) < 4.78 is 2.24. The number of hydrogen-bond acceptors (Lipinski definition) is 1. The normalized spacial score (nSPS) is 17.7. The average molecular weight is 333 g/mol. The van der Waals surface area contributed by atoms with Crippen LogP contribution >= 0.6 is 31.9 Å². The molecule has 2 rings (SSSR count). The first-order valence-corrected chi connectivity index (χ1v) is 7.05. The summed E-state index contributed by atoms with van der Waals surface area (Å²) in [6.07, 6.45) is 6.76. The molecule has 0 radical (unpaired) electrons. The molecule has 1 nitrogen and oxygen atoms in total. The van der Waals surface area contributed by atoms with Gasteiger partial charge in [-0.15, -0.1) is 0 Å². The number of benzene rings is 1. The Bertz CT molecular complexity index is 312. The Morgan fingerprint density at radius 3 is 2.13 bits per heavy atom. The van der Waals surface area contributed by atoms with Crippen molar-refractivity contribution in [2.75, 3.05) is 5.32 Å². The molecule has 1 fully saturated rings. The van der Waals surface area contributed by atoms with Crippen LogP contribution in [0.1, 0.15) is 32.1 Å². The molecule has 0 amide bonds. The highest BCUT2D eigenvalue weighted by Crippen LogP contribution is 2.26. The molecule has 1 N–H and O–H groups in total. The van der Waals surface area contributed by atoms with Gasteiger partial charge in [0.1, 0.15) is 0 Å². The van der Waals surface area contributed by atoms with Gasteiger partial charge >= 0.3 is 0 Å². The summed E-state index contributed by atoms with van der Waals surface area (Å²) >= 11 is 7.02. The highest BCUT2D eigenvalue weighted by Gasteiger charge is 2.12. The van der Waals surface area contributed by atoms with Crippen LogP contribution < -0.4 is 5.32 Å². The Morgan fingerprint density at radius 2 is 1.53 bits per heavy atom. The summed E-state index contributed by atoms with van der Waals surface area (Å²) in [7, 11) is 0. The van der Waals surface area contributed by atoms with Gasteiger partial charge in [-0.25, -0.2) is 0 Å². The van der Waals surface area contributed by atoms with Crippen molar-refractivity contribution in [3.63, 3.8) is 0 Å². The van der Waals surface area contributed by atoms with Crippen LogP contribution in [0.3, 0.4) is 0 Å². The summed E-state index contributed by atoms with van der Waals surface area (Å²) in [6.45, 7) is 0. The zero-order valence-corrected chi connectivity index (χ0v) is 11.8. The van der Waals surface area contributed by atoms with Gasteiger partial charge in [-0.2, -0.15) is 0 Å². The highest BCUT2D eigenvalue weighted by atomic mass is 79.9. The quantitative estimate of drug-likeness (QED) is 0.807. The molecule has 0 heterocycles. The van der Waals surface area contributed by atoms with E-state index in [0.717, 1.165) is 8.95 Å². The van der Waals surface area contributed by atoms with Crippen LogP contribution in [0.25, 0.3) is 0 Å². The third-order valence-corrected chi connectivity index (χ3v) is 3.75. The second kappa shape index (κ2) is 5.35. The second-order valence-electron chi connectivity index (χ2n) is 4.14. The molecule has 0 spiro atoms. The van der Waals surface area contributed by atoms with Crippen LogP contribution in [-0.4, -0.2) is 6.04 Å². The van der Waals surface area contributed by atoms with E-state index in [9.17, 15) is 0 Å². The van der Waals surface area contributed by atoms with Crippen molar-refractivity contribution in [1.82, 2.24) is 0 Å². The van der Waals surface area contributed by atoms with E-state index in [0.29, 0.717) is 6.04 Å². The fraction of sp³-hybridized carbons (Fsp3) is 0.500. The zero-order valence-electron chi connectivity index (χ0n) is 8.60. The van der Waals surface area contributed by atoms with Crippen LogP contribution in [-0.2, 0) is 0 Å². The van der Waals surface area contributed by atoms with E-state index >= 15 is 0 Å². The van der Waals surface area contributed by atoms with Crippen molar-refractivity contribution >= 4 is 37.5 Å². The number of anilines is 1. The predicted octanol–water partition coefficient (Wildman–Crippen LogP) is 4.96. The van der Waals surface area contributed by atoms with E-state index in [1.165, 1.54) is 37.8 Å². The second-order valence-corrected chi connectivity index (χ2v) is 5.97. The topological polar surface area (TPSA) is 12.0 Å². The van der Waals surface area contributed by atoms with Crippen LogP contribution in [0, 0.1) is 0 Å².